The van der Waals surface area contributed by atoms with Gasteiger partial charge < -0.3 is 25.4 Å². The van der Waals surface area contributed by atoms with Gasteiger partial charge in [-0.3, -0.25) is 14.4 Å². The van der Waals surface area contributed by atoms with E-state index < -0.39 is 29.5 Å². The number of ether oxygens (including phenoxy) is 1. The number of carbonyl (C=O) groups excluding carboxylic acids is 3. The van der Waals surface area contributed by atoms with Crippen molar-refractivity contribution in [1.82, 2.24) is 20.5 Å². The fourth-order valence-electron chi connectivity index (χ4n) is 4.43. The van der Waals surface area contributed by atoms with Crippen molar-refractivity contribution in [2.45, 2.75) is 65.3 Å². The number of nitrogens with zero attached hydrogens (tertiary/aromatic N) is 5. The fourth-order valence-corrected chi connectivity index (χ4v) is 5.24. The monoisotopic (exact) mass is 571 g/mol. The van der Waals surface area contributed by atoms with Gasteiger partial charge in [-0.15, -0.1) is 11.3 Å². The van der Waals surface area contributed by atoms with Crippen molar-refractivity contribution in [3.63, 3.8) is 0 Å². The van der Waals surface area contributed by atoms with Crippen LogP contribution in [0.5, 0.6) is 0 Å². The van der Waals surface area contributed by atoms with Crippen molar-refractivity contribution >= 4 is 29.1 Å². The topological polar surface area (TPSA) is 170 Å². The standard InChI is InChI=1S/C27H37N7O5S/c1-17-23(40-16-30-17)19-7-5-18(6-8-19)14-29-25(37)21-13-20(35)15-34(21)26(38)24(27(2,3)4)32-22(36)9-11-39-12-10-31-33-28/h5-8,16,20-21,24,35H,9-15H2,1-4H3,(H,29,37)(H,32,36). The number of benzene rings is 1. The Balaban J connectivity index is 1.60. The van der Waals surface area contributed by atoms with Crippen molar-refractivity contribution in [1.29, 1.82) is 0 Å². The molecular formula is C27H37N7O5S. The molecule has 1 fully saturated rings. The zero-order chi connectivity index (χ0) is 29.3. The minimum Gasteiger partial charge on any atom is -0.391 e. The second-order valence-corrected chi connectivity index (χ2v) is 11.6. The minimum atomic E-state index is -0.911. The van der Waals surface area contributed by atoms with Crippen molar-refractivity contribution in [2.75, 3.05) is 26.3 Å². The van der Waals surface area contributed by atoms with Gasteiger partial charge in [0.25, 0.3) is 0 Å². The van der Waals surface area contributed by atoms with E-state index in [4.69, 9.17) is 10.3 Å². The predicted octanol–water partition coefficient (Wildman–Crippen LogP) is 2.94. The largest absolute Gasteiger partial charge is 0.391 e. The lowest BCUT2D eigenvalue weighted by Crippen LogP contribution is -2.57. The molecule has 40 heavy (non-hydrogen) atoms. The smallest absolute Gasteiger partial charge is 0.246 e. The normalized spacial score (nSPS) is 17.7. The molecule has 216 valence electrons. The van der Waals surface area contributed by atoms with Crippen LogP contribution in [-0.2, 0) is 25.7 Å². The molecule has 0 radical (unpaired) electrons. The van der Waals surface area contributed by atoms with E-state index >= 15 is 0 Å². The molecule has 1 aliphatic rings. The van der Waals surface area contributed by atoms with Gasteiger partial charge in [0, 0.05) is 37.4 Å². The number of rotatable bonds is 12. The summed E-state index contributed by atoms with van der Waals surface area (Å²) >= 11 is 1.57. The zero-order valence-electron chi connectivity index (χ0n) is 23.3. The fraction of sp³-hybridized carbons (Fsp3) is 0.556. The summed E-state index contributed by atoms with van der Waals surface area (Å²) in [5.74, 6) is -1.17. The third-order valence-electron chi connectivity index (χ3n) is 6.58. The van der Waals surface area contributed by atoms with Gasteiger partial charge in [0.1, 0.15) is 12.1 Å². The highest BCUT2D eigenvalue weighted by molar-refractivity contribution is 7.13. The number of nitrogens with one attached hydrogen (secondary N) is 2. The van der Waals surface area contributed by atoms with E-state index in [0.717, 1.165) is 21.7 Å². The Morgan fingerprint density at radius 3 is 2.62 bits per heavy atom. The molecule has 1 aromatic carbocycles. The SMILES string of the molecule is Cc1ncsc1-c1ccc(CNC(=O)C2CC(O)CN2C(=O)C(NC(=O)CCOCCN=[N+]=[N-])C(C)(C)C)cc1. The molecule has 3 atom stereocenters. The molecule has 2 aromatic rings. The Bertz CT molecular complexity index is 1220. The maximum absolute atomic E-state index is 13.6. The number of carbonyl (C=O) groups is 3. The van der Waals surface area contributed by atoms with Crippen molar-refractivity contribution in [2.24, 2.45) is 10.5 Å². The van der Waals surface area contributed by atoms with E-state index in [9.17, 15) is 19.5 Å². The van der Waals surface area contributed by atoms with E-state index in [-0.39, 0.29) is 57.5 Å². The number of azide groups is 1. The molecule has 3 amide bonds. The van der Waals surface area contributed by atoms with Crippen LogP contribution < -0.4 is 10.6 Å². The van der Waals surface area contributed by atoms with Gasteiger partial charge >= 0.3 is 0 Å². The van der Waals surface area contributed by atoms with Crippen LogP contribution in [-0.4, -0.2) is 77.2 Å². The van der Waals surface area contributed by atoms with Gasteiger partial charge in [-0.05, 0) is 29.0 Å². The Labute approximate surface area is 237 Å². The maximum atomic E-state index is 13.6. The van der Waals surface area contributed by atoms with Crippen molar-refractivity contribution < 1.29 is 24.2 Å². The first-order chi connectivity index (χ1) is 19.0. The number of amides is 3. The Kier molecular flexibility index (Phi) is 11.0. The summed E-state index contributed by atoms with van der Waals surface area (Å²) in [6.07, 6.45) is -0.711. The molecular weight excluding hydrogens is 534 g/mol. The molecule has 0 saturated carbocycles. The highest BCUT2D eigenvalue weighted by Gasteiger charge is 2.44. The van der Waals surface area contributed by atoms with E-state index in [1.54, 1.807) is 11.3 Å². The molecule has 12 nitrogen and oxygen atoms in total. The number of hydrogen-bond acceptors (Lipinski definition) is 8. The zero-order valence-corrected chi connectivity index (χ0v) is 24.1. The molecule has 0 spiro atoms. The second-order valence-electron chi connectivity index (χ2n) is 10.8. The summed E-state index contributed by atoms with van der Waals surface area (Å²) in [6.45, 7) is 8.18. The lowest BCUT2D eigenvalue weighted by Gasteiger charge is -2.35. The Hall–Kier alpha value is -3.51. The van der Waals surface area contributed by atoms with Gasteiger partial charge in [-0.25, -0.2) is 4.98 Å². The average Bonchev–Trinajstić information content (AvgIpc) is 3.52. The van der Waals surface area contributed by atoms with Crippen LogP contribution in [0.1, 0.15) is 44.9 Å². The lowest BCUT2D eigenvalue weighted by atomic mass is 9.85. The third kappa shape index (κ3) is 8.49. The maximum Gasteiger partial charge on any atom is 0.246 e. The molecule has 0 bridgehead atoms. The summed E-state index contributed by atoms with van der Waals surface area (Å²) in [7, 11) is 0. The van der Waals surface area contributed by atoms with Crippen LogP contribution in [0.3, 0.4) is 0 Å². The number of aliphatic hydroxyl groups excluding tert-OH is 1. The summed E-state index contributed by atoms with van der Waals surface area (Å²) in [5, 5.41) is 19.4. The number of likely N-dealkylation sites (tertiary alicyclic amines) is 1. The average molecular weight is 572 g/mol. The molecule has 3 N–H and O–H groups in total. The number of aliphatic hydroxyl groups is 1. The summed E-state index contributed by atoms with van der Waals surface area (Å²) in [5.41, 5.74) is 12.4. The minimum absolute atomic E-state index is 0.00475. The van der Waals surface area contributed by atoms with E-state index in [1.807, 2.05) is 57.5 Å². The molecule has 1 aromatic heterocycles. The third-order valence-corrected chi connectivity index (χ3v) is 7.56. The number of aryl methyl sites for hydroxylation is 1. The van der Waals surface area contributed by atoms with Gasteiger partial charge in [0.15, 0.2) is 0 Å². The second kappa shape index (κ2) is 14.2. The highest BCUT2D eigenvalue weighted by Crippen LogP contribution is 2.28. The van der Waals surface area contributed by atoms with E-state index in [1.165, 1.54) is 4.90 Å². The molecule has 3 unspecified atom stereocenters. The molecule has 1 aliphatic heterocycles. The number of thiazole rings is 1. The van der Waals surface area contributed by atoms with Crippen LogP contribution in [0, 0.1) is 12.3 Å². The molecule has 0 aliphatic carbocycles. The quantitative estimate of drug-likeness (QED) is 0.153. The molecule has 1 saturated heterocycles. The Morgan fingerprint density at radius 1 is 1.27 bits per heavy atom. The van der Waals surface area contributed by atoms with Crippen LogP contribution in [0.15, 0.2) is 34.9 Å². The number of hydrogen-bond donors (Lipinski definition) is 3. The van der Waals surface area contributed by atoms with E-state index in [2.05, 4.69) is 25.6 Å². The van der Waals surface area contributed by atoms with Crippen LogP contribution in [0.25, 0.3) is 20.9 Å². The van der Waals surface area contributed by atoms with E-state index in [0.29, 0.717) is 0 Å². The molecule has 2 heterocycles. The highest BCUT2D eigenvalue weighted by atomic mass is 32.1. The number of aromatic nitrogens is 1. The van der Waals surface area contributed by atoms with Crippen molar-refractivity contribution in [3.8, 4) is 10.4 Å². The Morgan fingerprint density at radius 2 is 2.00 bits per heavy atom. The van der Waals surface area contributed by atoms with Crippen LogP contribution in [0.2, 0.25) is 0 Å². The van der Waals surface area contributed by atoms with Crippen LogP contribution >= 0.6 is 11.3 Å². The lowest BCUT2D eigenvalue weighted by molar-refractivity contribution is -0.144. The summed E-state index contributed by atoms with van der Waals surface area (Å²) < 4.78 is 5.28. The molecule has 3 rings (SSSR count). The first-order valence-electron chi connectivity index (χ1n) is 13.1. The summed E-state index contributed by atoms with van der Waals surface area (Å²) in [6, 6.07) is 6.08. The first kappa shape index (κ1) is 31.0. The van der Waals surface area contributed by atoms with Crippen LogP contribution in [0.4, 0.5) is 0 Å². The number of β-amino-alcohol motifs (C(OH)–C–C–N with tert-alkyl or cyclic N) is 1. The molecule has 13 heteroatoms. The predicted molar refractivity (Wildman–Crippen MR) is 151 cm³/mol. The first-order valence-corrected chi connectivity index (χ1v) is 14.0. The van der Waals surface area contributed by atoms with Gasteiger partial charge in [-0.1, -0.05) is 50.2 Å². The van der Waals surface area contributed by atoms with Crippen molar-refractivity contribution in [3.05, 3.63) is 51.5 Å². The van der Waals surface area contributed by atoms with Gasteiger partial charge in [0.2, 0.25) is 17.7 Å². The summed E-state index contributed by atoms with van der Waals surface area (Å²) in [4.78, 5) is 48.8. The van der Waals surface area contributed by atoms with Gasteiger partial charge in [-0.2, -0.15) is 0 Å². The van der Waals surface area contributed by atoms with Gasteiger partial charge in [0.05, 0.1) is 35.4 Å².